The third-order valence-corrected chi connectivity index (χ3v) is 7.94. The first-order valence-corrected chi connectivity index (χ1v) is 11.4. The van der Waals surface area contributed by atoms with Crippen LogP contribution in [0.3, 0.4) is 0 Å². The predicted octanol–water partition coefficient (Wildman–Crippen LogP) is 4.02. The van der Waals surface area contributed by atoms with Gasteiger partial charge in [-0.15, -0.1) is 0 Å². The van der Waals surface area contributed by atoms with E-state index in [1.807, 2.05) is 13.8 Å². The van der Waals surface area contributed by atoms with Crippen molar-refractivity contribution in [2.45, 2.75) is 102 Å². The molecule has 0 aliphatic heterocycles. The standard InChI is InChI=1S/C23H40N2O2/c1-22(2,24)14-25-20(26)13-15-4-6-23(3,7-5-15)27-21-18-9-16-8-17(11-18)12-19(21)10-16/h15-19,21H,4-14,24H2,1-3H3,(H,25,26). The highest BCUT2D eigenvalue weighted by atomic mass is 16.5. The third kappa shape index (κ3) is 4.70. The monoisotopic (exact) mass is 376 g/mol. The Hall–Kier alpha value is -0.610. The number of hydrogen-bond donors (Lipinski definition) is 2. The van der Waals surface area contributed by atoms with Crippen LogP contribution in [0.2, 0.25) is 0 Å². The van der Waals surface area contributed by atoms with Gasteiger partial charge in [-0.05, 0) is 108 Å². The Kier molecular flexibility index (Phi) is 5.35. The molecular formula is C23H40N2O2. The lowest BCUT2D eigenvalue weighted by molar-refractivity contribution is -0.194. The summed E-state index contributed by atoms with van der Waals surface area (Å²) in [5.41, 5.74) is 5.65. The van der Waals surface area contributed by atoms with E-state index in [-0.39, 0.29) is 17.0 Å². The quantitative estimate of drug-likeness (QED) is 0.736. The van der Waals surface area contributed by atoms with E-state index in [1.54, 1.807) is 0 Å². The second-order valence-electron chi connectivity index (χ2n) is 11.4. The van der Waals surface area contributed by atoms with E-state index in [0.717, 1.165) is 49.4 Å². The van der Waals surface area contributed by atoms with Crippen LogP contribution >= 0.6 is 0 Å². The molecule has 0 heterocycles. The predicted molar refractivity (Wildman–Crippen MR) is 108 cm³/mol. The van der Waals surface area contributed by atoms with Crippen molar-refractivity contribution in [1.29, 1.82) is 0 Å². The highest BCUT2D eigenvalue weighted by Gasteiger charge is 2.50. The summed E-state index contributed by atoms with van der Waals surface area (Å²) in [6.07, 6.45) is 12.8. The number of hydrogen-bond acceptors (Lipinski definition) is 3. The summed E-state index contributed by atoms with van der Waals surface area (Å²) in [6, 6.07) is 0. The molecule has 0 saturated heterocycles. The van der Waals surface area contributed by atoms with Gasteiger partial charge in [0.1, 0.15) is 0 Å². The van der Waals surface area contributed by atoms with E-state index in [2.05, 4.69) is 12.2 Å². The van der Waals surface area contributed by atoms with Crippen molar-refractivity contribution in [1.82, 2.24) is 5.32 Å². The molecule has 0 aromatic carbocycles. The van der Waals surface area contributed by atoms with E-state index in [9.17, 15) is 4.79 Å². The number of nitrogens with two attached hydrogens (primary N) is 1. The van der Waals surface area contributed by atoms with Gasteiger partial charge < -0.3 is 15.8 Å². The number of carbonyl (C=O) groups excluding carboxylic acids is 1. The van der Waals surface area contributed by atoms with E-state index in [0.29, 0.717) is 25.0 Å². The van der Waals surface area contributed by atoms with Gasteiger partial charge in [-0.3, -0.25) is 4.79 Å². The normalized spacial score (nSPS) is 43.7. The SMILES string of the molecule is CC(C)(N)CNC(=O)CC1CCC(C)(OC2C3CC4CC(C3)CC2C4)CC1. The first-order valence-electron chi connectivity index (χ1n) is 11.4. The summed E-state index contributed by atoms with van der Waals surface area (Å²) in [6.45, 7) is 6.78. The summed E-state index contributed by atoms with van der Waals surface area (Å²) in [4.78, 5) is 12.2. The highest BCUT2D eigenvalue weighted by molar-refractivity contribution is 5.76. The van der Waals surface area contributed by atoms with Gasteiger partial charge >= 0.3 is 0 Å². The summed E-state index contributed by atoms with van der Waals surface area (Å²) in [5.74, 6) is 4.34. The maximum Gasteiger partial charge on any atom is 0.220 e. The largest absolute Gasteiger partial charge is 0.371 e. The molecule has 4 heteroatoms. The first-order chi connectivity index (χ1) is 12.7. The zero-order chi connectivity index (χ0) is 19.2. The van der Waals surface area contributed by atoms with Gasteiger partial charge in [0.25, 0.3) is 0 Å². The van der Waals surface area contributed by atoms with E-state index >= 15 is 0 Å². The van der Waals surface area contributed by atoms with Crippen molar-refractivity contribution in [3.63, 3.8) is 0 Å². The van der Waals surface area contributed by atoms with Gasteiger partial charge in [0, 0.05) is 18.5 Å². The Balaban J connectivity index is 1.24. The van der Waals surface area contributed by atoms with Crippen LogP contribution in [0.15, 0.2) is 0 Å². The van der Waals surface area contributed by atoms with Gasteiger partial charge in [0.2, 0.25) is 5.91 Å². The molecule has 4 nitrogen and oxygen atoms in total. The minimum Gasteiger partial charge on any atom is -0.371 e. The fourth-order valence-electron chi connectivity index (χ4n) is 6.67. The fraction of sp³-hybridized carbons (Fsp3) is 0.957. The third-order valence-electron chi connectivity index (χ3n) is 7.94. The Morgan fingerprint density at radius 2 is 1.63 bits per heavy atom. The van der Waals surface area contributed by atoms with Crippen LogP contribution in [0.5, 0.6) is 0 Å². The van der Waals surface area contributed by atoms with E-state index in [1.165, 1.54) is 32.1 Å². The maximum atomic E-state index is 12.2. The molecule has 1 amide bonds. The topological polar surface area (TPSA) is 64.3 Å². The molecule has 5 rings (SSSR count). The Morgan fingerprint density at radius 1 is 1.07 bits per heavy atom. The molecule has 5 aliphatic rings. The van der Waals surface area contributed by atoms with Crippen molar-refractivity contribution in [2.75, 3.05) is 6.54 Å². The van der Waals surface area contributed by atoms with Crippen molar-refractivity contribution >= 4 is 5.91 Å². The second kappa shape index (κ2) is 7.33. The molecule has 0 unspecified atom stereocenters. The molecule has 5 aliphatic carbocycles. The van der Waals surface area contributed by atoms with Crippen molar-refractivity contribution in [3.05, 3.63) is 0 Å². The zero-order valence-electron chi connectivity index (χ0n) is 17.6. The van der Waals surface area contributed by atoms with Crippen LogP contribution in [0.1, 0.15) is 85.0 Å². The molecule has 5 saturated carbocycles. The average Bonchev–Trinajstić information content (AvgIpc) is 2.58. The van der Waals surface area contributed by atoms with Crippen LogP contribution in [-0.2, 0) is 9.53 Å². The number of rotatable bonds is 6. The van der Waals surface area contributed by atoms with Crippen LogP contribution in [-0.4, -0.2) is 29.7 Å². The average molecular weight is 377 g/mol. The lowest BCUT2D eigenvalue weighted by Crippen LogP contribution is -2.52. The lowest BCUT2D eigenvalue weighted by Gasteiger charge is -2.56. The van der Waals surface area contributed by atoms with Crippen LogP contribution in [0.25, 0.3) is 0 Å². The van der Waals surface area contributed by atoms with Crippen molar-refractivity contribution in [3.8, 4) is 0 Å². The van der Waals surface area contributed by atoms with Gasteiger partial charge in [0.15, 0.2) is 0 Å². The molecule has 27 heavy (non-hydrogen) atoms. The highest BCUT2D eigenvalue weighted by Crippen LogP contribution is 2.56. The zero-order valence-corrected chi connectivity index (χ0v) is 17.6. The van der Waals surface area contributed by atoms with Crippen LogP contribution in [0, 0.1) is 29.6 Å². The molecular weight excluding hydrogens is 336 g/mol. The summed E-state index contributed by atoms with van der Waals surface area (Å²) in [5, 5.41) is 3.00. The molecule has 154 valence electrons. The van der Waals surface area contributed by atoms with Crippen LogP contribution < -0.4 is 11.1 Å². The van der Waals surface area contributed by atoms with Crippen molar-refractivity contribution in [2.24, 2.45) is 35.3 Å². The van der Waals surface area contributed by atoms with Gasteiger partial charge in [-0.2, -0.15) is 0 Å². The molecule has 0 atom stereocenters. The number of ether oxygens (including phenoxy) is 1. The second-order valence-corrected chi connectivity index (χ2v) is 11.4. The minimum absolute atomic E-state index is 0.0340. The van der Waals surface area contributed by atoms with Gasteiger partial charge in [-0.1, -0.05) is 0 Å². The number of amides is 1. The Morgan fingerprint density at radius 3 is 2.15 bits per heavy atom. The first kappa shape index (κ1) is 19.7. The van der Waals surface area contributed by atoms with E-state index < -0.39 is 0 Å². The Labute approximate surface area is 165 Å². The summed E-state index contributed by atoms with van der Waals surface area (Å²) < 4.78 is 6.88. The van der Waals surface area contributed by atoms with Crippen molar-refractivity contribution < 1.29 is 9.53 Å². The fourth-order valence-corrected chi connectivity index (χ4v) is 6.67. The summed E-state index contributed by atoms with van der Waals surface area (Å²) >= 11 is 0. The summed E-state index contributed by atoms with van der Waals surface area (Å²) in [7, 11) is 0. The molecule has 0 aromatic rings. The number of carbonyl (C=O) groups is 1. The van der Waals surface area contributed by atoms with Gasteiger partial charge in [-0.25, -0.2) is 0 Å². The molecule has 5 fully saturated rings. The lowest BCUT2D eigenvalue weighted by atomic mass is 9.55. The smallest absolute Gasteiger partial charge is 0.220 e. The Bertz CT molecular complexity index is 517. The van der Waals surface area contributed by atoms with E-state index in [4.69, 9.17) is 10.5 Å². The van der Waals surface area contributed by atoms with Crippen LogP contribution in [0.4, 0.5) is 0 Å². The van der Waals surface area contributed by atoms with Gasteiger partial charge in [0.05, 0.1) is 11.7 Å². The molecule has 0 aromatic heterocycles. The molecule has 0 spiro atoms. The number of nitrogens with one attached hydrogen (secondary N) is 1. The molecule has 3 N–H and O–H groups in total. The molecule has 4 bridgehead atoms. The minimum atomic E-state index is -0.340. The molecule has 0 radical (unpaired) electrons. The maximum absolute atomic E-state index is 12.2.